The molecular formula is C11H24N2O. The molecule has 3 heteroatoms. The molecule has 1 aliphatic rings. The summed E-state index contributed by atoms with van der Waals surface area (Å²) in [6.45, 7) is 7.46. The molecule has 1 aliphatic carbocycles. The number of ether oxygens (including phenoxy) is 1. The standard InChI is InChI=1S/C11H24N2O/c1-4-6-13(5-2)11(9-12)7-10(8-11)14-3/h10H,4-9,12H2,1-3H3. The third kappa shape index (κ3) is 2.10. The number of nitrogens with zero attached hydrogens (tertiary/aromatic N) is 1. The maximum absolute atomic E-state index is 5.90. The molecule has 0 bridgehead atoms. The van der Waals surface area contributed by atoms with Crippen LogP contribution in [0, 0.1) is 0 Å². The van der Waals surface area contributed by atoms with Gasteiger partial charge in [-0.05, 0) is 32.4 Å². The molecule has 2 N–H and O–H groups in total. The molecular weight excluding hydrogens is 176 g/mol. The van der Waals surface area contributed by atoms with Gasteiger partial charge in [-0.1, -0.05) is 13.8 Å². The monoisotopic (exact) mass is 200 g/mol. The highest BCUT2D eigenvalue weighted by atomic mass is 16.5. The van der Waals surface area contributed by atoms with Gasteiger partial charge in [0.1, 0.15) is 0 Å². The van der Waals surface area contributed by atoms with Crippen LogP contribution in [-0.4, -0.2) is 43.3 Å². The van der Waals surface area contributed by atoms with Gasteiger partial charge in [0.05, 0.1) is 6.10 Å². The molecule has 0 aliphatic heterocycles. The lowest BCUT2D eigenvalue weighted by atomic mass is 9.72. The van der Waals surface area contributed by atoms with Crippen molar-refractivity contribution in [3.05, 3.63) is 0 Å². The molecule has 0 aromatic heterocycles. The zero-order valence-electron chi connectivity index (χ0n) is 9.75. The zero-order chi connectivity index (χ0) is 10.6. The Bertz CT molecular complexity index is 167. The average Bonchev–Trinajstić information content (AvgIpc) is 2.15. The summed E-state index contributed by atoms with van der Waals surface area (Å²) >= 11 is 0. The van der Waals surface area contributed by atoms with Gasteiger partial charge in [0.15, 0.2) is 0 Å². The number of hydrogen-bond donors (Lipinski definition) is 1. The van der Waals surface area contributed by atoms with Crippen molar-refractivity contribution in [2.75, 3.05) is 26.7 Å². The van der Waals surface area contributed by atoms with Gasteiger partial charge in [0.25, 0.3) is 0 Å². The molecule has 0 spiro atoms. The average molecular weight is 200 g/mol. The van der Waals surface area contributed by atoms with E-state index in [1.54, 1.807) is 7.11 Å². The van der Waals surface area contributed by atoms with Gasteiger partial charge >= 0.3 is 0 Å². The van der Waals surface area contributed by atoms with Crippen molar-refractivity contribution in [2.24, 2.45) is 5.73 Å². The normalized spacial score (nSPS) is 31.9. The largest absolute Gasteiger partial charge is 0.381 e. The molecule has 0 unspecified atom stereocenters. The fourth-order valence-electron chi connectivity index (χ4n) is 2.51. The minimum Gasteiger partial charge on any atom is -0.381 e. The smallest absolute Gasteiger partial charge is 0.0607 e. The predicted octanol–water partition coefficient (Wildman–Crippen LogP) is 1.22. The van der Waals surface area contributed by atoms with Gasteiger partial charge in [0, 0.05) is 19.2 Å². The van der Waals surface area contributed by atoms with Crippen LogP contribution in [0.15, 0.2) is 0 Å². The Balaban J connectivity index is 2.52. The number of methoxy groups -OCH3 is 1. The van der Waals surface area contributed by atoms with Crippen LogP contribution >= 0.6 is 0 Å². The summed E-state index contributed by atoms with van der Waals surface area (Å²) in [5, 5.41) is 0. The van der Waals surface area contributed by atoms with E-state index in [9.17, 15) is 0 Å². The van der Waals surface area contributed by atoms with Crippen molar-refractivity contribution in [1.29, 1.82) is 0 Å². The van der Waals surface area contributed by atoms with E-state index in [1.807, 2.05) is 0 Å². The number of hydrogen-bond acceptors (Lipinski definition) is 3. The second-order valence-electron chi connectivity index (χ2n) is 4.27. The molecule has 1 saturated carbocycles. The summed E-state index contributed by atoms with van der Waals surface area (Å²) in [6.07, 6.45) is 3.85. The van der Waals surface area contributed by atoms with Crippen molar-refractivity contribution in [2.45, 2.75) is 44.8 Å². The summed E-state index contributed by atoms with van der Waals surface area (Å²) in [4.78, 5) is 2.52. The maximum Gasteiger partial charge on any atom is 0.0607 e. The van der Waals surface area contributed by atoms with Crippen LogP contribution in [0.5, 0.6) is 0 Å². The van der Waals surface area contributed by atoms with Crippen LogP contribution < -0.4 is 5.73 Å². The van der Waals surface area contributed by atoms with Gasteiger partial charge in [-0.3, -0.25) is 4.90 Å². The Labute approximate surface area is 87.6 Å². The summed E-state index contributed by atoms with van der Waals surface area (Å²) in [7, 11) is 1.79. The molecule has 0 atom stereocenters. The molecule has 0 aromatic carbocycles. The number of nitrogens with two attached hydrogens (primary N) is 1. The first-order valence-electron chi connectivity index (χ1n) is 5.70. The van der Waals surface area contributed by atoms with Crippen LogP contribution in [-0.2, 0) is 4.74 Å². The van der Waals surface area contributed by atoms with E-state index in [0.717, 1.165) is 32.5 Å². The fourth-order valence-corrected chi connectivity index (χ4v) is 2.51. The van der Waals surface area contributed by atoms with Gasteiger partial charge < -0.3 is 10.5 Å². The van der Waals surface area contributed by atoms with Gasteiger partial charge in [-0.15, -0.1) is 0 Å². The lowest BCUT2D eigenvalue weighted by Gasteiger charge is -2.53. The van der Waals surface area contributed by atoms with Crippen molar-refractivity contribution in [3.63, 3.8) is 0 Å². The van der Waals surface area contributed by atoms with E-state index >= 15 is 0 Å². The molecule has 3 nitrogen and oxygen atoms in total. The molecule has 14 heavy (non-hydrogen) atoms. The van der Waals surface area contributed by atoms with E-state index in [4.69, 9.17) is 10.5 Å². The van der Waals surface area contributed by atoms with Crippen molar-refractivity contribution in [1.82, 2.24) is 4.90 Å². The van der Waals surface area contributed by atoms with E-state index < -0.39 is 0 Å². The summed E-state index contributed by atoms with van der Waals surface area (Å²) in [5.74, 6) is 0. The lowest BCUT2D eigenvalue weighted by molar-refractivity contribution is -0.0855. The van der Waals surface area contributed by atoms with Gasteiger partial charge in [0.2, 0.25) is 0 Å². The summed E-state index contributed by atoms with van der Waals surface area (Å²) in [6, 6.07) is 0. The molecule has 1 fully saturated rings. The summed E-state index contributed by atoms with van der Waals surface area (Å²) in [5.41, 5.74) is 6.14. The topological polar surface area (TPSA) is 38.5 Å². The molecule has 0 heterocycles. The second-order valence-corrected chi connectivity index (χ2v) is 4.27. The van der Waals surface area contributed by atoms with E-state index in [-0.39, 0.29) is 5.54 Å². The SMILES string of the molecule is CCCN(CC)C1(CN)CC(OC)C1. The second kappa shape index (κ2) is 5.10. The van der Waals surface area contributed by atoms with Crippen LogP contribution in [0.4, 0.5) is 0 Å². The van der Waals surface area contributed by atoms with E-state index in [2.05, 4.69) is 18.7 Å². The molecule has 0 radical (unpaired) electrons. The third-order valence-corrected chi connectivity index (χ3v) is 3.47. The Morgan fingerprint density at radius 3 is 2.43 bits per heavy atom. The molecule has 1 rings (SSSR count). The molecule has 0 saturated heterocycles. The highest BCUT2D eigenvalue weighted by Crippen LogP contribution is 2.38. The van der Waals surface area contributed by atoms with Crippen molar-refractivity contribution < 1.29 is 4.74 Å². The van der Waals surface area contributed by atoms with Crippen LogP contribution in [0.3, 0.4) is 0 Å². The number of likely N-dealkylation sites (N-methyl/N-ethyl adjacent to an activating group) is 1. The highest BCUT2D eigenvalue weighted by Gasteiger charge is 2.46. The lowest BCUT2D eigenvalue weighted by Crippen LogP contribution is -2.63. The minimum absolute atomic E-state index is 0.242. The minimum atomic E-state index is 0.242. The fraction of sp³-hybridized carbons (Fsp3) is 1.00. The zero-order valence-corrected chi connectivity index (χ0v) is 9.75. The Morgan fingerprint density at radius 2 is 2.07 bits per heavy atom. The first-order valence-corrected chi connectivity index (χ1v) is 5.70. The van der Waals surface area contributed by atoms with E-state index in [1.165, 1.54) is 6.42 Å². The first-order chi connectivity index (χ1) is 6.72. The Morgan fingerprint density at radius 1 is 1.43 bits per heavy atom. The summed E-state index contributed by atoms with van der Waals surface area (Å²) < 4.78 is 5.33. The first kappa shape index (κ1) is 12.0. The predicted molar refractivity (Wildman–Crippen MR) is 59.4 cm³/mol. The highest BCUT2D eigenvalue weighted by molar-refractivity contribution is 5.04. The van der Waals surface area contributed by atoms with E-state index in [0.29, 0.717) is 6.10 Å². The third-order valence-electron chi connectivity index (χ3n) is 3.47. The molecule has 0 amide bonds. The Kier molecular flexibility index (Phi) is 4.35. The Hall–Kier alpha value is -0.120. The quantitative estimate of drug-likeness (QED) is 0.701. The van der Waals surface area contributed by atoms with Crippen LogP contribution in [0.1, 0.15) is 33.1 Å². The molecule has 0 aromatic rings. The van der Waals surface area contributed by atoms with Crippen LogP contribution in [0.25, 0.3) is 0 Å². The molecule has 84 valence electrons. The van der Waals surface area contributed by atoms with Crippen molar-refractivity contribution in [3.8, 4) is 0 Å². The van der Waals surface area contributed by atoms with Gasteiger partial charge in [-0.25, -0.2) is 0 Å². The van der Waals surface area contributed by atoms with Crippen molar-refractivity contribution >= 4 is 0 Å². The van der Waals surface area contributed by atoms with Crippen LogP contribution in [0.2, 0.25) is 0 Å². The number of rotatable bonds is 6. The maximum atomic E-state index is 5.90. The van der Waals surface area contributed by atoms with Gasteiger partial charge in [-0.2, -0.15) is 0 Å².